The van der Waals surface area contributed by atoms with Gasteiger partial charge in [0.2, 0.25) is 0 Å². The molecule has 1 aromatic heterocycles. The molecule has 1 aromatic carbocycles. The van der Waals surface area contributed by atoms with Crippen LogP contribution in [0.4, 0.5) is 0 Å². The van der Waals surface area contributed by atoms with Crippen LogP contribution in [0.1, 0.15) is 5.56 Å². The van der Waals surface area contributed by atoms with Gasteiger partial charge in [-0.2, -0.15) is 0 Å². The number of aromatic nitrogens is 1. The lowest BCUT2D eigenvalue weighted by Crippen LogP contribution is -2.47. The number of nitrogens with one attached hydrogen (secondary N) is 1. The molecule has 5 heteroatoms. The van der Waals surface area contributed by atoms with Crippen molar-refractivity contribution in [2.75, 3.05) is 19.7 Å². The Morgan fingerprint density at radius 1 is 1.40 bits per heavy atom. The van der Waals surface area contributed by atoms with Crippen molar-refractivity contribution in [3.8, 4) is 0 Å². The molecule has 2 heterocycles. The average molecular weight is 270 g/mol. The molecule has 2 aromatic rings. The summed E-state index contributed by atoms with van der Waals surface area (Å²) in [7, 11) is 0. The summed E-state index contributed by atoms with van der Waals surface area (Å²) >= 11 is 0. The maximum atomic E-state index is 7.50. The van der Waals surface area contributed by atoms with Crippen molar-refractivity contribution in [2.45, 2.75) is 12.6 Å². The van der Waals surface area contributed by atoms with Crippen LogP contribution in [0.2, 0.25) is 0 Å². The molecule has 0 saturated carbocycles. The lowest BCUT2D eigenvalue weighted by atomic mass is 10.1. The number of nitrogens with two attached hydrogens (primary N) is 1. The molecular formula is C15H18N4O. The first-order chi connectivity index (χ1) is 9.74. The Morgan fingerprint density at radius 3 is 3.10 bits per heavy atom. The summed E-state index contributed by atoms with van der Waals surface area (Å²) in [6, 6.07) is 10.3. The summed E-state index contributed by atoms with van der Waals surface area (Å²) in [5, 5.41) is 8.66. The Balaban J connectivity index is 1.81. The summed E-state index contributed by atoms with van der Waals surface area (Å²) in [4.78, 5) is 6.74. The number of ether oxygens (including phenoxy) is 1. The van der Waals surface area contributed by atoms with Crippen LogP contribution in [0.15, 0.2) is 36.5 Å². The van der Waals surface area contributed by atoms with Crippen molar-refractivity contribution in [2.24, 2.45) is 5.73 Å². The summed E-state index contributed by atoms with van der Waals surface area (Å²) in [5.74, 6) is 0.103. The number of fused-ring (bicyclic) bond motifs is 1. The molecule has 5 nitrogen and oxygen atoms in total. The van der Waals surface area contributed by atoms with E-state index in [-0.39, 0.29) is 11.9 Å². The Labute approximate surface area is 117 Å². The first kappa shape index (κ1) is 13.0. The van der Waals surface area contributed by atoms with Crippen molar-refractivity contribution in [1.29, 1.82) is 5.41 Å². The molecule has 1 aliphatic heterocycles. The highest BCUT2D eigenvalue weighted by atomic mass is 16.5. The molecule has 20 heavy (non-hydrogen) atoms. The predicted molar refractivity (Wildman–Crippen MR) is 78.7 cm³/mol. The van der Waals surface area contributed by atoms with Crippen LogP contribution < -0.4 is 5.73 Å². The summed E-state index contributed by atoms with van der Waals surface area (Å²) in [5.41, 5.74) is 7.78. The molecule has 0 radical (unpaired) electrons. The predicted octanol–water partition coefficient (Wildman–Crippen LogP) is 1.37. The first-order valence-corrected chi connectivity index (χ1v) is 6.74. The highest BCUT2D eigenvalue weighted by Gasteiger charge is 2.23. The molecule has 0 aliphatic carbocycles. The normalized spacial score (nSPS) is 20.1. The van der Waals surface area contributed by atoms with E-state index < -0.39 is 0 Å². The second-order valence-corrected chi connectivity index (χ2v) is 5.04. The standard InChI is InChI=1S/C15H18N4O/c16-15(17)13-10-19(7-8-20-13)9-12-4-1-3-11-5-2-6-18-14(11)12/h1-6,13H,7-10H2,(H3,16,17). The minimum Gasteiger partial charge on any atom is -0.385 e. The van der Waals surface area contributed by atoms with Crippen LogP contribution in [-0.4, -0.2) is 41.5 Å². The van der Waals surface area contributed by atoms with Crippen molar-refractivity contribution < 1.29 is 4.74 Å². The van der Waals surface area contributed by atoms with Crippen molar-refractivity contribution >= 4 is 16.7 Å². The fourth-order valence-corrected chi connectivity index (χ4v) is 2.57. The fourth-order valence-electron chi connectivity index (χ4n) is 2.57. The van der Waals surface area contributed by atoms with Crippen LogP contribution >= 0.6 is 0 Å². The second-order valence-electron chi connectivity index (χ2n) is 5.04. The lowest BCUT2D eigenvalue weighted by Gasteiger charge is -2.32. The molecule has 1 fully saturated rings. The topological polar surface area (TPSA) is 75.2 Å². The first-order valence-electron chi connectivity index (χ1n) is 6.74. The number of rotatable bonds is 3. The minimum atomic E-state index is -0.285. The van der Waals surface area contributed by atoms with Crippen LogP contribution in [0.5, 0.6) is 0 Å². The number of amidine groups is 1. The molecule has 3 rings (SSSR count). The van der Waals surface area contributed by atoms with Crippen LogP contribution in [0.3, 0.4) is 0 Å². The molecular weight excluding hydrogens is 252 g/mol. The maximum absolute atomic E-state index is 7.50. The van der Waals surface area contributed by atoms with Gasteiger partial charge in [0.25, 0.3) is 0 Å². The summed E-state index contributed by atoms with van der Waals surface area (Å²) < 4.78 is 5.49. The molecule has 1 atom stereocenters. The van der Waals surface area contributed by atoms with Crippen molar-refractivity contribution in [3.63, 3.8) is 0 Å². The highest BCUT2D eigenvalue weighted by molar-refractivity contribution is 5.82. The molecule has 0 amide bonds. The van der Waals surface area contributed by atoms with Crippen LogP contribution in [0, 0.1) is 5.41 Å². The quantitative estimate of drug-likeness (QED) is 0.652. The van der Waals surface area contributed by atoms with Gasteiger partial charge in [0, 0.05) is 31.2 Å². The zero-order valence-corrected chi connectivity index (χ0v) is 11.2. The van der Waals surface area contributed by atoms with Crippen LogP contribution in [-0.2, 0) is 11.3 Å². The van der Waals surface area contributed by atoms with Gasteiger partial charge < -0.3 is 10.5 Å². The second kappa shape index (κ2) is 5.56. The number of benzene rings is 1. The fraction of sp³-hybridized carbons (Fsp3) is 0.333. The molecule has 0 spiro atoms. The smallest absolute Gasteiger partial charge is 0.127 e. The third-order valence-corrected chi connectivity index (χ3v) is 3.61. The van der Waals surface area contributed by atoms with Crippen molar-refractivity contribution in [3.05, 3.63) is 42.1 Å². The van der Waals surface area contributed by atoms with Gasteiger partial charge in [-0.25, -0.2) is 0 Å². The SMILES string of the molecule is N=C(N)C1CN(Cc2cccc3cccnc23)CCO1. The van der Waals surface area contributed by atoms with E-state index in [0.29, 0.717) is 13.2 Å². The lowest BCUT2D eigenvalue weighted by molar-refractivity contribution is 0.00249. The van der Waals surface area contributed by atoms with E-state index in [1.54, 1.807) is 0 Å². The third-order valence-electron chi connectivity index (χ3n) is 3.61. The number of morpholine rings is 1. The molecule has 1 aliphatic rings. The Morgan fingerprint density at radius 2 is 2.25 bits per heavy atom. The van der Waals surface area contributed by atoms with Crippen molar-refractivity contribution in [1.82, 2.24) is 9.88 Å². The molecule has 1 unspecified atom stereocenters. The highest BCUT2D eigenvalue weighted by Crippen LogP contribution is 2.18. The third kappa shape index (κ3) is 2.64. The molecule has 104 valence electrons. The number of pyridine rings is 1. The van der Waals surface area contributed by atoms with Gasteiger partial charge in [-0.15, -0.1) is 0 Å². The van der Waals surface area contributed by atoms with Gasteiger partial charge in [-0.05, 0) is 11.6 Å². The zero-order valence-electron chi connectivity index (χ0n) is 11.2. The van der Waals surface area contributed by atoms with E-state index in [0.717, 1.165) is 24.0 Å². The number of nitrogens with zero attached hydrogens (tertiary/aromatic N) is 2. The number of para-hydroxylation sites is 1. The zero-order chi connectivity index (χ0) is 13.9. The Bertz CT molecular complexity index is 623. The van der Waals surface area contributed by atoms with Gasteiger partial charge in [0.15, 0.2) is 0 Å². The Kier molecular flexibility index (Phi) is 3.62. The van der Waals surface area contributed by atoms with E-state index in [9.17, 15) is 0 Å². The van der Waals surface area contributed by atoms with Gasteiger partial charge in [-0.3, -0.25) is 15.3 Å². The monoisotopic (exact) mass is 270 g/mol. The van der Waals surface area contributed by atoms with E-state index in [4.69, 9.17) is 15.9 Å². The van der Waals surface area contributed by atoms with Gasteiger partial charge >= 0.3 is 0 Å². The number of hydrogen-bond donors (Lipinski definition) is 2. The minimum absolute atomic E-state index is 0.103. The largest absolute Gasteiger partial charge is 0.385 e. The summed E-state index contributed by atoms with van der Waals surface area (Å²) in [6.07, 6.45) is 1.54. The molecule has 0 bridgehead atoms. The van der Waals surface area contributed by atoms with Crippen LogP contribution in [0.25, 0.3) is 10.9 Å². The van der Waals surface area contributed by atoms with E-state index in [1.165, 1.54) is 5.56 Å². The summed E-state index contributed by atoms with van der Waals surface area (Å²) in [6.45, 7) is 2.94. The van der Waals surface area contributed by atoms with Gasteiger partial charge in [0.05, 0.1) is 12.1 Å². The number of hydrogen-bond acceptors (Lipinski definition) is 4. The molecule has 3 N–H and O–H groups in total. The maximum Gasteiger partial charge on any atom is 0.127 e. The Hall–Kier alpha value is -1.98. The van der Waals surface area contributed by atoms with E-state index >= 15 is 0 Å². The van der Waals surface area contributed by atoms with E-state index in [1.807, 2.05) is 12.3 Å². The van der Waals surface area contributed by atoms with Gasteiger partial charge in [0.1, 0.15) is 11.9 Å². The molecule has 1 saturated heterocycles. The van der Waals surface area contributed by atoms with E-state index in [2.05, 4.69) is 34.1 Å². The van der Waals surface area contributed by atoms with Gasteiger partial charge in [-0.1, -0.05) is 24.3 Å². The average Bonchev–Trinajstić information content (AvgIpc) is 2.48.